The topological polar surface area (TPSA) is 9.23 Å². The summed E-state index contributed by atoms with van der Waals surface area (Å²) in [7, 11) is 5.90. The van der Waals surface area contributed by atoms with Crippen LogP contribution in [0.15, 0.2) is 10.5 Å². The van der Waals surface area contributed by atoms with Gasteiger partial charge in [-0.1, -0.05) is 40.0 Å². The van der Waals surface area contributed by atoms with Crippen molar-refractivity contribution in [3.63, 3.8) is 0 Å². The number of methoxy groups -OCH3 is 1. The van der Waals surface area contributed by atoms with Crippen LogP contribution >= 0.6 is 21.6 Å². The fraction of sp³-hybridized carbons (Fsp3) is 0.846. The van der Waals surface area contributed by atoms with Gasteiger partial charge < -0.3 is 4.74 Å². The van der Waals surface area contributed by atoms with Gasteiger partial charge in [0.05, 0.1) is 0 Å². The molecule has 90 valence electrons. The minimum Gasteiger partial charge on any atom is -0.369 e. The van der Waals surface area contributed by atoms with Gasteiger partial charge in [-0.2, -0.15) is 0 Å². The smallest absolute Gasteiger partial charge is 0.123 e. The molecule has 3 fully saturated rings. The molecule has 1 spiro atoms. The van der Waals surface area contributed by atoms with Gasteiger partial charge in [0.15, 0.2) is 0 Å². The van der Waals surface area contributed by atoms with Crippen LogP contribution in [0.1, 0.15) is 51.4 Å². The minimum absolute atomic E-state index is 0.420. The van der Waals surface area contributed by atoms with E-state index in [0.717, 1.165) is 0 Å². The SMILES string of the molecule is COC1SSC(=C2CCCC2)C12CCCC2. The lowest BCUT2D eigenvalue weighted by molar-refractivity contribution is 0.0856. The van der Waals surface area contributed by atoms with Crippen LogP contribution in [0.5, 0.6) is 0 Å². The molecule has 0 aromatic rings. The maximum absolute atomic E-state index is 5.75. The number of rotatable bonds is 1. The van der Waals surface area contributed by atoms with E-state index >= 15 is 0 Å². The summed E-state index contributed by atoms with van der Waals surface area (Å²) in [5, 5.41) is 0. The van der Waals surface area contributed by atoms with E-state index < -0.39 is 0 Å². The highest BCUT2D eigenvalue weighted by atomic mass is 33.1. The molecule has 0 amide bonds. The van der Waals surface area contributed by atoms with Crippen molar-refractivity contribution in [2.45, 2.75) is 56.8 Å². The Kier molecular flexibility index (Phi) is 3.29. The number of allylic oxidation sites excluding steroid dienone is 1. The Morgan fingerprint density at radius 2 is 1.81 bits per heavy atom. The summed E-state index contributed by atoms with van der Waals surface area (Å²) in [6, 6.07) is 0. The van der Waals surface area contributed by atoms with Gasteiger partial charge >= 0.3 is 0 Å². The predicted octanol–water partition coefficient (Wildman–Crippen LogP) is 4.74. The van der Waals surface area contributed by atoms with Crippen molar-refractivity contribution in [1.29, 1.82) is 0 Å². The summed E-state index contributed by atoms with van der Waals surface area (Å²) in [6.45, 7) is 0. The summed E-state index contributed by atoms with van der Waals surface area (Å²) in [5.41, 5.74) is 2.62. The number of hydrogen-bond donors (Lipinski definition) is 0. The van der Waals surface area contributed by atoms with E-state index in [4.69, 9.17) is 4.74 Å². The Morgan fingerprint density at radius 1 is 1.12 bits per heavy atom. The molecule has 1 nitrogen and oxygen atoms in total. The van der Waals surface area contributed by atoms with Gasteiger partial charge in [-0.3, -0.25) is 0 Å². The lowest BCUT2D eigenvalue weighted by atomic mass is 9.83. The Bertz CT molecular complexity index is 297. The van der Waals surface area contributed by atoms with Crippen LogP contribution in [0.2, 0.25) is 0 Å². The Hall–Kier alpha value is 0.400. The van der Waals surface area contributed by atoms with E-state index in [2.05, 4.69) is 0 Å². The van der Waals surface area contributed by atoms with E-state index in [1.807, 2.05) is 28.7 Å². The molecule has 0 N–H and O–H groups in total. The first-order valence-corrected chi connectivity index (χ1v) is 8.67. The van der Waals surface area contributed by atoms with Crippen LogP contribution in [0.3, 0.4) is 0 Å². The van der Waals surface area contributed by atoms with Crippen molar-refractivity contribution in [3.8, 4) is 0 Å². The lowest BCUT2D eigenvalue weighted by Crippen LogP contribution is -2.28. The Labute approximate surface area is 106 Å². The normalized spacial score (nSPS) is 33.2. The van der Waals surface area contributed by atoms with E-state index in [-0.39, 0.29) is 0 Å². The fourth-order valence-corrected chi connectivity index (χ4v) is 7.41. The minimum atomic E-state index is 0.420. The second kappa shape index (κ2) is 4.58. The average Bonchev–Trinajstić information content (AvgIpc) is 3.01. The van der Waals surface area contributed by atoms with Crippen molar-refractivity contribution >= 4 is 21.6 Å². The van der Waals surface area contributed by atoms with Gasteiger partial charge in [0, 0.05) is 17.4 Å². The van der Waals surface area contributed by atoms with Crippen LogP contribution in [-0.2, 0) is 4.74 Å². The van der Waals surface area contributed by atoms with Crippen molar-refractivity contribution < 1.29 is 4.74 Å². The predicted molar refractivity (Wildman–Crippen MR) is 72.4 cm³/mol. The fourth-order valence-electron chi connectivity index (χ4n) is 3.55. The van der Waals surface area contributed by atoms with Crippen molar-refractivity contribution in [2.24, 2.45) is 5.41 Å². The molecule has 16 heavy (non-hydrogen) atoms. The number of hydrogen-bond acceptors (Lipinski definition) is 3. The molecule has 0 radical (unpaired) electrons. The molecule has 1 heterocycles. The molecule has 3 aliphatic rings. The van der Waals surface area contributed by atoms with E-state index in [0.29, 0.717) is 10.9 Å². The molecule has 2 saturated carbocycles. The van der Waals surface area contributed by atoms with E-state index in [1.165, 1.54) is 51.4 Å². The van der Waals surface area contributed by atoms with Crippen LogP contribution in [-0.4, -0.2) is 12.5 Å². The summed E-state index contributed by atoms with van der Waals surface area (Å²) in [6.07, 6.45) is 11.1. The molecule has 1 aliphatic heterocycles. The van der Waals surface area contributed by atoms with Crippen molar-refractivity contribution in [2.75, 3.05) is 7.11 Å². The zero-order valence-corrected chi connectivity index (χ0v) is 11.6. The highest BCUT2D eigenvalue weighted by molar-refractivity contribution is 8.78. The monoisotopic (exact) mass is 256 g/mol. The van der Waals surface area contributed by atoms with Gasteiger partial charge in [0.2, 0.25) is 0 Å². The van der Waals surface area contributed by atoms with Crippen molar-refractivity contribution in [3.05, 3.63) is 10.5 Å². The zero-order chi connectivity index (χ0) is 11.0. The molecular formula is C13H20OS2. The van der Waals surface area contributed by atoms with Gasteiger partial charge in [-0.25, -0.2) is 0 Å². The first-order valence-electron chi connectivity index (χ1n) is 6.45. The molecule has 3 heteroatoms. The quantitative estimate of drug-likeness (QED) is 0.627. The van der Waals surface area contributed by atoms with Gasteiger partial charge in [-0.05, 0) is 38.5 Å². The Morgan fingerprint density at radius 3 is 2.44 bits per heavy atom. The lowest BCUT2D eigenvalue weighted by Gasteiger charge is -2.30. The van der Waals surface area contributed by atoms with Crippen molar-refractivity contribution in [1.82, 2.24) is 0 Å². The largest absolute Gasteiger partial charge is 0.369 e. The third-order valence-electron chi connectivity index (χ3n) is 4.36. The third-order valence-corrected chi connectivity index (χ3v) is 7.45. The summed E-state index contributed by atoms with van der Waals surface area (Å²) >= 11 is 0. The molecule has 2 aliphatic carbocycles. The molecule has 3 rings (SSSR count). The molecular weight excluding hydrogens is 236 g/mol. The van der Waals surface area contributed by atoms with Crippen LogP contribution < -0.4 is 0 Å². The Balaban J connectivity index is 1.96. The second-order valence-corrected chi connectivity index (χ2v) is 7.52. The van der Waals surface area contributed by atoms with Crippen LogP contribution in [0, 0.1) is 5.41 Å². The van der Waals surface area contributed by atoms with E-state index in [9.17, 15) is 0 Å². The van der Waals surface area contributed by atoms with Crippen LogP contribution in [0.4, 0.5) is 0 Å². The highest BCUT2D eigenvalue weighted by Crippen LogP contribution is 2.66. The molecule has 0 aromatic heterocycles. The second-order valence-electron chi connectivity index (χ2n) is 5.25. The summed E-state index contributed by atoms with van der Waals surface area (Å²) in [4.78, 5) is 1.74. The standard InChI is InChI=1S/C13H20OS2/c1-14-12-13(8-4-5-9-13)11(15-16-12)10-6-2-3-7-10/h12H,2-9H2,1H3. The summed E-state index contributed by atoms with van der Waals surface area (Å²) in [5.74, 6) is 0. The molecule has 1 saturated heterocycles. The maximum atomic E-state index is 5.75. The molecule has 0 bridgehead atoms. The highest BCUT2D eigenvalue weighted by Gasteiger charge is 2.51. The van der Waals surface area contributed by atoms with Gasteiger partial charge in [0.1, 0.15) is 5.44 Å². The van der Waals surface area contributed by atoms with Crippen LogP contribution in [0.25, 0.3) is 0 Å². The zero-order valence-electron chi connectivity index (χ0n) is 9.96. The molecule has 1 unspecified atom stereocenters. The molecule has 1 atom stereocenters. The number of ether oxygens (including phenoxy) is 1. The average molecular weight is 256 g/mol. The maximum Gasteiger partial charge on any atom is 0.123 e. The first-order chi connectivity index (χ1) is 7.87. The third kappa shape index (κ3) is 1.67. The molecule has 0 aromatic carbocycles. The van der Waals surface area contributed by atoms with Gasteiger partial charge in [-0.15, -0.1) is 0 Å². The van der Waals surface area contributed by atoms with Gasteiger partial charge in [0.25, 0.3) is 0 Å². The summed E-state index contributed by atoms with van der Waals surface area (Å²) < 4.78 is 5.75. The van der Waals surface area contributed by atoms with E-state index in [1.54, 1.807) is 10.5 Å². The first kappa shape index (κ1) is 11.5.